The fourth-order valence-corrected chi connectivity index (χ4v) is 1.95. The lowest BCUT2D eigenvalue weighted by Gasteiger charge is -2.28. The monoisotopic (exact) mass is 180 g/mol. The van der Waals surface area contributed by atoms with Crippen LogP contribution in [0.1, 0.15) is 38.1 Å². The van der Waals surface area contributed by atoms with Crippen LogP contribution in [0, 0.1) is 6.92 Å². The van der Waals surface area contributed by atoms with Crippen LogP contribution in [0.15, 0.2) is 10.6 Å². The molecule has 1 heterocycles. The third-order valence-corrected chi connectivity index (χ3v) is 3.10. The third-order valence-electron chi connectivity index (χ3n) is 3.10. The van der Waals surface area contributed by atoms with Crippen molar-refractivity contribution in [1.29, 1.82) is 0 Å². The van der Waals surface area contributed by atoms with E-state index in [2.05, 4.69) is 19.0 Å². The van der Waals surface area contributed by atoms with Crippen molar-refractivity contribution in [1.82, 2.24) is 5.16 Å². The molecule has 0 unspecified atom stereocenters. The molecule has 1 aromatic rings. The largest absolute Gasteiger partial charge is 0.361 e. The van der Waals surface area contributed by atoms with Crippen molar-refractivity contribution in [2.75, 3.05) is 0 Å². The summed E-state index contributed by atoms with van der Waals surface area (Å²) < 4.78 is 5.08. The van der Waals surface area contributed by atoms with E-state index >= 15 is 0 Å². The van der Waals surface area contributed by atoms with Crippen LogP contribution in [0.3, 0.4) is 0 Å². The van der Waals surface area contributed by atoms with Crippen molar-refractivity contribution in [3.05, 3.63) is 17.5 Å². The van der Waals surface area contributed by atoms with Crippen LogP contribution in [0.5, 0.6) is 0 Å². The van der Waals surface area contributed by atoms with Gasteiger partial charge in [-0.05, 0) is 33.6 Å². The van der Waals surface area contributed by atoms with E-state index in [1.54, 1.807) is 0 Å². The first-order valence-corrected chi connectivity index (χ1v) is 4.68. The second-order valence-corrected chi connectivity index (χ2v) is 4.63. The van der Waals surface area contributed by atoms with Crippen LogP contribution < -0.4 is 5.73 Å². The average Bonchev–Trinajstić information content (AvgIpc) is 2.70. The molecule has 2 rings (SSSR count). The van der Waals surface area contributed by atoms with Gasteiger partial charge in [0.1, 0.15) is 5.76 Å². The Balaban J connectivity index is 2.36. The van der Waals surface area contributed by atoms with Crippen LogP contribution in [-0.4, -0.2) is 10.7 Å². The summed E-state index contributed by atoms with van der Waals surface area (Å²) in [5, 5.41) is 4.06. The minimum atomic E-state index is -0.198. The number of rotatable bonds is 2. The van der Waals surface area contributed by atoms with Gasteiger partial charge in [-0.2, -0.15) is 0 Å². The summed E-state index contributed by atoms with van der Waals surface area (Å²) in [5.74, 6) is 0.866. The predicted molar refractivity (Wildman–Crippen MR) is 50.4 cm³/mol. The Kier molecular flexibility index (Phi) is 1.58. The number of aromatic nitrogens is 1. The van der Waals surface area contributed by atoms with Gasteiger partial charge in [0.25, 0.3) is 0 Å². The molecule has 13 heavy (non-hydrogen) atoms. The fraction of sp³-hybridized carbons (Fsp3) is 0.700. The molecule has 1 aliphatic rings. The second-order valence-electron chi connectivity index (χ2n) is 4.63. The molecule has 3 nitrogen and oxygen atoms in total. The number of nitrogens with zero attached hydrogens (tertiary/aromatic N) is 1. The first-order valence-electron chi connectivity index (χ1n) is 4.68. The number of hydrogen-bond acceptors (Lipinski definition) is 3. The molecular formula is C10H16N2O. The maximum Gasteiger partial charge on any atom is 0.133 e. The van der Waals surface area contributed by atoms with E-state index in [-0.39, 0.29) is 11.0 Å². The highest BCUT2D eigenvalue weighted by Gasteiger charge is 2.55. The zero-order valence-electron chi connectivity index (χ0n) is 8.42. The minimum Gasteiger partial charge on any atom is -0.361 e. The van der Waals surface area contributed by atoms with E-state index in [0.29, 0.717) is 0 Å². The second kappa shape index (κ2) is 2.35. The Morgan fingerprint density at radius 1 is 1.54 bits per heavy atom. The Morgan fingerprint density at radius 3 is 2.46 bits per heavy atom. The van der Waals surface area contributed by atoms with Gasteiger partial charge in [0.2, 0.25) is 0 Å². The third kappa shape index (κ3) is 1.18. The zero-order chi connectivity index (χ0) is 9.69. The number of hydrogen-bond donors (Lipinski definition) is 1. The van der Waals surface area contributed by atoms with Gasteiger partial charge in [0, 0.05) is 17.0 Å². The maximum absolute atomic E-state index is 6.14. The van der Waals surface area contributed by atoms with Crippen LogP contribution in [-0.2, 0) is 5.41 Å². The van der Waals surface area contributed by atoms with Crippen molar-refractivity contribution < 1.29 is 4.52 Å². The average molecular weight is 180 g/mol. The smallest absolute Gasteiger partial charge is 0.133 e. The molecule has 1 aliphatic carbocycles. The van der Waals surface area contributed by atoms with Crippen molar-refractivity contribution in [2.45, 2.75) is 44.6 Å². The first-order chi connectivity index (χ1) is 5.96. The molecule has 1 fully saturated rings. The van der Waals surface area contributed by atoms with Crippen molar-refractivity contribution in [3.63, 3.8) is 0 Å². The lowest BCUT2D eigenvalue weighted by molar-refractivity contribution is 0.342. The Labute approximate surface area is 78.3 Å². The molecule has 0 radical (unpaired) electrons. The van der Waals surface area contributed by atoms with Crippen LogP contribution in [0.4, 0.5) is 0 Å². The summed E-state index contributed by atoms with van der Waals surface area (Å²) in [5.41, 5.74) is 7.04. The molecule has 0 saturated heterocycles. The van der Waals surface area contributed by atoms with Crippen LogP contribution in [0.2, 0.25) is 0 Å². The fourth-order valence-electron chi connectivity index (χ4n) is 1.95. The van der Waals surface area contributed by atoms with E-state index in [9.17, 15) is 0 Å². The topological polar surface area (TPSA) is 52.0 Å². The molecule has 3 heteroatoms. The van der Waals surface area contributed by atoms with Crippen molar-refractivity contribution >= 4 is 0 Å². The van der Waals surface area contributed by atoms with Crippen molar-refractivity contribution in [3.8, 4) is 0 Å². The molecule has 1 aromatic heterocycles. The standard InChI is InChI=1S/C10H16N2O/c1-7-6-8(12-13-7)10(4-5-10)9(2,3)11/h6H,4-5,11H2,1-3H3. The Hall–Kier alpha value is -0.830. The lowest BCUT2D eigenvalue weighted by Crippen LogP contribution is -2.45. The van der Waals surface area contributed by atoms with Gasteiger partial charge < -0.3 is 10.3 Å². The number of nitrogens with two attached hydrogens (primary N) is 1. The maximum atomic E-state index is 6.14. The number of aryl methyl sites for hydroxylation is 1. The van der Waals surface area contributed by atoms with Gasteiger partial charge in [-0.1, -0.05) is 5.16 Å². The molecule has 0 spiro atoms. The van der Waals surface area contributed by atoms with Gasteiger partial charge in [0.15, 0.2) is 0 Å². The normalized spacial score (nSPS) is 20.3. The highest BCUT2D eigenvalue weighted by atomic mass is 16.5. The van der Waals surface area contributed by atoms with Gasteiger partial charge in [-0.3, -0.25) is 0 Å². The van der Waals surface area contributed by atoms with Crippen molar-refractivity contribution in [2.24, 2.45) is 5.73 Å². The molecule has 0 aliphatic heterocycles. The van der Waals surface area contributed by atoms with E-state index < -0.39 is 0 Å². The van der Waals surface area contributed by atoms with Gasteiger partial charge in [0.05, 0.1) is 5.69 Å². The SMILES string of the molecule is Cc1cc(C2(C(C)(C)N)CC2)no1. The van der Waals surface area contributed by atoms with Gasteiger partial charge >= 0.3 is 0 Å². The molecule has 72 valence electrons. The molecule has 0 aromatic carbocycles. The summed E-state index contributed by atoms with van der Waals surface area (Å²) in [6, 6.07) is 2.00. The summed E-state index contributed by atoms with van der Waals surface area (Å²) in [6.07, 6.45) is 2.25. The van der Waals surface area contributed by atoms with E-state index in [1.165, 1.54) is 0 Å². The highest BCUT2D eigenvalue weighted by Crippen LogP contribution is 2.54. The molecular weight excluding hydrogens is 164 g/mol. The predicted octanol–water partition coefficient (Wildman–Crippen LogP) is 1.75. The van der Waals surface area contributed by atoms with Crippen LogP contribution >= 0.6 is 0 Å². The summed E-state index contributed by atoms with van der Waals surface area (Å²) in [4.78, 5) is 0. The molecule has 0 bridgehead atoms. The van der Waals surface area contributed by atoms with E-state index in [4.69, 9.17) is 10.3 Å². The minimum absolute atomic E-state index is 0.0742. The molecule has 1 saturated carbocycles. The zero-order valence-corrected chi connectivity index (χ0v) is 8.42. The molecule has 2 N–H and O–H groups in total. The van der Waals surface area contributed by atoms with Crippen LogP contribution in [0.25, 0.3) is 0 Å². The summed E-state index contributed by atoms with van der Waals surface area (Å²) in [7, 11) is 0. The van der Waals surface area contributed by atoms with E-state index in [0.717, 1.165) is 24.3 Å². The Bertz CT molecular complexity index is 318. The lowest BCUT2D eigenvalue weighted by atomic mass is 9.82. The summed E-state index contributed by atoms with van der Waals surface area (Å²) in [6.45, 7) is 6.03. The molecule has 0 atom stereocenters. The highest BCUT2D eigenvalue weighted by molar-refractivity contribution is 5.30. The van der Waals surface area contributed by atoms with E-state index in [1.807, 2.05) is 13.0 Å². The quantitative estimate of drug-likeness (QED) is 0.754. The first kappa shape index (κ1) is 8.75. The van der Waals surface area contributed by atoms with Gasteiger partial charge in [-0.15, -0.1) is 0 Å². The van der Waals surface area contributed by atoms with Gasteiger partial charge in [-0.25, -0.2) is 0 Å². The Morgan fingerprint density at radius 2 is 2.15 bits per heavy atom. The summed E-state index contributed by atoms with van der Waals surface area (Å²) >= 11 is 0. The molecule has 0 amide bonds.